The van der Waals surface area contributed by atoms with Gasteiger partial charge in [0, 0.05) is 0 Å². The first-order valence-electron chi connectivity index (χ1n) is 4.20. The van der Waals surface area contributed by atoms with E-state index in [9.17, 15) is 4.79 Å². The summed E-state index contributed by atoms with van der Waals surface area (Å²) in [5.41, 5.74) is -0.534. The summed E-state index contributed by atoms with van der Waals surface area (Å²) in [6, 6.07) is 0. The average Bonchev–Trinajstić information content (AvgIpc) is 2.31. The number of carbonyl (C=O) groups excluding carboxylic acids is 1. The molecular formula is C8H15NO4. The van der Waals surface area contributed by atoms with Gasteiger partial charge in [0.25, 0.3) is 0 Å². The molecule has 0 aromatic carbocycles. The number of carbonyl (C=O) groups is 1. The van der Waals surface area contributed by atoms with Crippen molar-refractivity contribution in [1.29, 1.82) is 0 Å². The largest absolute Gasteiger partial charge is 0.442 e. The number of hydrogen-bond donors (Lipinski definition) is 1. The Bertz CT molecular complexity index is 199. The van der Waals surface area contributed by atoms with Gasteiger partial charge in [-0.3, -0.25) is 4.84 Å². The molecule has 0 radical (unpaired) electrons. The van der Waals surface area contributed by atoms with Gasteiger partial charge in [0.15, 0.2) is 0 Å². The highest BCUT2D eigenvalue weighted by molar-refractivity contribution is 5.67. The van der Waals surface area contributed by atoms with E-state index in [0.29, 0.717) is 0 Å². The second kappa shape index (κ2) is 3.51. The number of nitrogens with zero attached hydrogens (tertiary/aromatic N) is 1. The van der Waals surface area contributed by atoms with E-state index in [4.69, 9.17) is 14.7 Å². The molecule has 1 unspecified atom stereocenters. The molecule has 0 bridgehead atoms. The van der Waals surface area contributed by atoms with E-state index in [2.05, 4.69) is 0 Å². The van der Waals surface area contributed by atoms with Crippen LogP contribution < -0.4 is 0 Å². The quantitative estimate of drug-likeness (QED) is 0.604. The van der Waals surface area contributed by atoms with Gasteiger partial charge in [0.1, 0.15) is 18.3 Å². The fourth-order valence-corrected chi connectivity index (χ4v) is 0.913. The Morgan fingerprint density at radius 1 is 1.62 bits per heavy atom. The van der Waals surface area contributed by atoms with Gasteiger partial charge >= 0.3 is 6.09 Å². The van der Waals surface area contributed by atoms with Crippen LogP contribution >= 0.6 is 0 Å². The van der Waals surface area contributed by atoms with Crippen LogP contribution in [-0.4, -0.2) is 41.1 Å². The number of hydroxylamine groups is 2. The molecule has 1 heterocycles. The third-order valence-corrected chi connectivity index (χ3v) is 1.40. The molecule has 5 heteroatoms. The third kappa shape index (κ3) is 3.20. The maximum atomic E-state index is 11.3. The molecule has 0 aliphatic carbocycles. The Morgan fingerprint density at radius 2 is 2.23 bits per heavy atom. The SMILES string of the molecule is CC(C)(C)OC(=O)N1CC(O)CO1. The topological polar surface area (TPSA) is 59.0 Å². The van der Waals surface area contributed by atoms with Gasteiger partial charge in [0.2, 0.25) is 0 Å². The summed E-state index contributed by atoms with van der Waals surface area (Å²) in [6.45, 7) is 5.65. The zero-order valence-corrected chi connectivity index (χ0v) is 8.11. The molecule has 1 aliphatic rings. The lowest BCUT2D eigenvalue weighted by Crippen LogP contribution is -2.35. The number of aliphatic hydroxyl groups is 1. The normalized spacial score (nSPS) is 23.4. The van der Waals surface area contributed by atoms with E-state index in [1.807, 2.05) is 0 Å². The van der Waals surface area contributed by atoms with Crippen LogP contribution in [-0.2, 0) is 9.57 Å². The number of rotatable bonds is 0. The molecular weight excluding hydrogens is 174 g/mol. The predicted octanol–water partition coefficient (Wildman–Crippen LogP) is 0.530. The number of β-amino-alcohol motifs (C(OH)–C–C–N with tert-alkyl or cyclic N) is 1. The van der Waals surface area contributed by atoms with Gasteiger partial charge in [0.05, 0.1) is 6.54 Å². The van der Waals surface area contributed by atoms with Crippen molar-refractivity contribution in [2.45, 2.75) is 32.5 Å². The summed E-state index contributed by atoms with van der Waals surface area (Å²) in [5, 5.41) is 10.1. The van der Waals surface area contributed by atoms with Crippen molar-refractivity contribution in [1.82, 2.24) is 5.06 Å². The van der Waals surface area contributed by atoms with Crippen molar-refractivity contribution in [2.24, 2.45) is 0 Å². The average molecular weight is 189 g/mol. The zero-order chi connectivity index (χ0) is 10.1. The molecule has 1 N–H and O–H groups in total. The first-order chi connectivity index (χ1) is 5.88. The summed E-state index contributed by atoms with van der Waals surface area (Å²) in [7, 11) is 0. The lowest BCUT2D eigenvalue weighted by molar-refractivity contribution is -0.107. The summed E-state index contributed by atoms with van der Waals surface area (Å²) in [5.74, 6) is 0. The molecule has 1 saturated heterocycles. The Hall–Kier alpha value is -0.810. The van der Waals surface area contributed by atoms with Crippen LogP contribution in [0.5, 0.6) is 0 Å². The van der Waals surface area contributed by atoms with Gasteiger partial charge in [-0.1, -0.05) is 0 Å². The standard InChI is InChI=1S/C8H15NO4/c1-8(2,3)13-7(11)9-4-6(10)5-12-9/h6,10H,4-5H2,1-3H3. The molecule has 5 nitrogen and oxygen atoms in total. The monoisotopic (exact) mass is 189 g/mol. The number of aliphatic hydroxyl groups excluding tert-OH is 1. The highest BCUT2D eigenvalue weighted by Gasteiger charge is 2.29. The van der Waals surface area contributed by atoms with E-state index < -0.39 is 17.8 Å². The van der Waals surface area contributed by atoms with Crippen molar-refractivity contribution < 1.29 is 19.5 Å². The molecule has 0 aromatic rings. The third-order valence-electron chi connectivity index (χ3n) is 1.40. The summed E-state index contributed by atoms with van der Waals surface area (Å²) < 4.78 is 5.02. The first kappa shape index (κ1) is 10.3. The van der Waals surface area contributed by atoms with Crippen molar-refractivity contribution in [3.05, 3.63) is 0 Å². The van der Waals surface area contributed by atoms with Crippen LogP contribution in [0.4, 0.5) is 4.79 Å². The Labute approximate surface area is 77.2 Å². The summed E-state index contributed by atoms with van der Waals surface area (Å²) >= 11 is 0. The van der Waals surface area contributed by atoms with Crippen LogP contribution in [0.2, 0.25) is 0 Å². The molecule has 0 spiro atoms. The van der Waals surface area contributed by atoms with Crippen LogP contribution in [0.25, 0.3) is 0 Å². The molecule has 1 aliphatic heterocycles. The fourth-order valence-electron chi connectivity index (χ4n) is 0.913. The van der Waals surface area contributed by atoms with Gasteiger partial charge in [-0.25, -0.2) is 4.79 Å². The maximum absolute atomic E-state index is 11.3. The Kier molecular flexibility index (Phi) is 2.77. The minimum atomic E-state index is -0.604. The van der Waals surface area contributed by atoms with Gasteiger partial charge in [-0.05, 0) is 20.8 Å². The Balaban J connectivity index is 2.41. The molecule has 0 saturated carbocycles. The summed E-state index contributed by atoms with van der Waals surface area (Å²) in [6.07, 6.45) is -1.16. The van der Waals surface area contributed by atoms with Gasteiger partial charge < -0.3 is 9.84 Å². The molecule has 1 amide bonds. The first-order valence-corrected chi connectivity index (χ1v) is 4.20. The molecule has 0 aromatic heterocycles. The lowest BCUT2D eigenvalue weighted by atomic mass is 10.2. The lowest BCUT2D eigenvalue weighted by Gasteiger charge is -2.22. The Morgan fingerprint density at radius 3 is 2.62 bits per heavy atom. The molecule has 1 rings (SSSR count). The minimum Gasteiger partial charge on any atom is -0.442 e. The zero-order valence-electron chi connectivity index (χ0n) is 8.11. The number of hydrogen-bond acceptors (Lipinski definition) is 4. The minimum absolute atomic E-state index is 0.152. The van der Waals surface area contributed by atoms with Crippen LogP contribution in [0.15, 0.2) is 0 Å². The highest BCUT2D eigenvalue weighted by atomic mass is 16.7. The van der Waals surface area contributed by atoms with Gasteiger partial charge in [-0.15, -0.1) is 0 Å². The van der Waals surface area contributed by atoms with Crippen LogP contribution in [0.3, 0.4) is 0 Å². The number of ether oxygens (including phenoxy) is 1. The second-order valence-electron chi connectivity index (χ2n) is 3.99. The van der Waals surface area contributed by atoms with Crippen molar-refractivity contribution >= 4 is 6.09 Å². The molecule has 1 fully saturated rings. The maximum Gasteiger partial charge on any atom is 0.434 e. The number of amides is 1. The smallest absolute Gasteiger partial charge is 0.434 e. The van der Waals surface area contributed by atoms with Crippen molar-refractivity contribution in [3.63, 3.8) is 0 Å². The van der Waals surface area contributed by atoms with Gasteiger partial charge in [-0.2, -0.15) is 5.06 Å². The predicted molar refractivity (Wildman–Crippen MR) is 44.9 cm³/mol. The fraction of sp³-hybridized carbons (Fsp3) is 0.875. The van der Waals surface area contributed by atoms with Crippen molar-refractivity contribution in [3.8, 4) is 0 Å². The van der Waals surface area contributed by atoms with E-state index >= 15 is 0 Å². The van der Waals surface area contributed by atoms with E-state index in [0.717, 1.165) is 5.06 Å². The van der Waals surface area contributed by atoms with E-state index in [-0.39, 0.29) is 13.2 Å². The molecule has 13 heavy (non-hydrogen) atoms. The van der Waals surface area contributed by atoms with Crippen molar-refractivity contribution in [2.75, 3.05) is 13.2 Å². The van der Waals surface area contributed by atoms with E-state index in [1.54, 1.807) is 20.8 Å². The van der Waals surface area contributed by atoms with E-state index in [1.165, 1.54) is 0 Å². The molecule has 1 atom stereocenters. The molecule has 76 valence electrons. The summed E-state index contributed by atoms with van der Waals surface area (Å²) in [4.78, 5) is 16.2. The second-order valence-corrected chi connectivity index (χ2v) is 3.99. The van der Waals surface area contributed by atoms with Crippen LogP contribution in [0.1, 0.15) is 20.8 Å². The highest BCUT2D eigenvalue weighted by Crippen LogP contribution is 2.13. The van der Waals surface area contributed by atoms with Crippen LogP contribution in [0, 0.1) is 0 Å².